The van der Waals surface area contributed by atoms with Crippen LogP contribution in [0.3, 0.4) is 0 Å². The molecular formula is C22H18N2OS3. The van der Waals surface area contributed by atoms with E-state index in [9.17, 15) is 4.79 Å². The number of benzene rings is 2. The lowest BCUT2D eigenvalue weighted by molar-refractivity contribution is -0.115. The highest BCUT2D eigenvalue weighted by Gasteiger charge is 2.11. The second-order valence-electron chi connectivity index (χ2n) is 6.15. The van der Waals surface area contributed by atoms with Gasteiger partial charge < -0.3 is 5.32 Å². The van der Waals surface area contributed by atoms with Gasteiger partial charge in [0.15, 0.2) is 0 Å². The van der Waals surface area contributed by atoms with Gasteiger partial charge in [0.1, 0.15) is 5.01 Å². The minimum Gasteiger partial charge on any atom is -0.325 e. The summed E-state index contributed by atoms with van der Waals surface area (Å²) in [4.78, 5) is 18.2. The predicted octanol–water partition coefficient (Wildman–Crippen LogP) is 6.35. The summed E-state index contributed by atoms with van der Waals surface area (Å²) in [6.07, 6.45) is 0.271. The summed E-state index contributed by atoms with van der Waals surface area (Å²) in [5.41, 5.74) is 4.03. The fourth-order valence-corrected chi connectivity index (χ4v) is 5.24. The summed E-state index contributed by atoms with van der Waals surface area (Å²) in [6.45, 7) is 0. The number of hydrogen-bond acceptors (Lipinski definition) is 5. The van der Waals surface area contributed by atoms with Gasteiger partial charge in [-0.25, -0.2) is 4.98 Å². The third-order valence-corrected chi connectivity index (χ3v) is 6.87. The van der Waals surface area contributed by atoms with Gasteiger partial charge in [-0.1, -0.05) is 42.5 Å². The Bertz CT molecular complexity index is 1040. The second-order valence-corrected chi connectivity index (χ2v) is 8.81. The first-order valence-corrected chi connectivity index (χ1v) is 11.6. The molecular weight excluding hydrogens is 404 g/mol. The Balaban J connectivity index is 1.39. The first kappa shape index (κ1) is 18.9. The second kappa shape index (κ2) is 9.19. The van der Waals surface area contributed by atoms with Crippen LogP contribution in [0, 0.1) is 0 Å². The number of rotatable bonds is 7. The van der Waals surface area contributed by atoms with E-state index >= 15 is 0 Å². The van der Waals surface area contributed by atoms with E-state index in [2.05, 4.69) is 27.1 Å². The Morgan fingerprint density at radius 3 is 2.64 bits per heavy atom. The van der Waals surface area contributed by atoms with Crippen LogP contribution in [0.1, 0.15) is 11.3 Å². The van der Waals surface area contributed by atoms with Crippen LogP contribution in [-0.2, 0) is 17.0 Å². The molecule has 0 radical (unpaired) electrons. The maximum Gasteiger partial charge on any atom is 0.230 e. The minimum absolute atomic E-state index is 0.0477. The van der Waals surface area contributed by atoms with Crippen LogP contribution in [0.2, 0.25) is 0 Å². The van der Waals surface area contributed by atoms with E-state index in [1.807, 2.05) is 60.0 Å². The molecule has 28 heavy (non-hydrogen) atoms. The molecule has 4 aromatic rings. The summed E-state index contributed by atoms with van der Waals surface area (Å²) in [6, 6.07) is 20.1. The Morgan fingerprint density at radius 2 is 1.82 bits per heavy atom. The van der Waals surface area contributed by atoms with Gasteiger partial charge in [-0.2, -0.15) is 11.3 Å². The number of hydrogen-bond donors (Lipinski definition) is 1. The Labute approximate surface area is 176 Å². The number of nitrogens with zero attached hydrogens (tertiary/aromatic N) is 1. The monoisotopic (exact) mass is 422 g/mol. The molecule has 4 rings (SSSR count). The molecule has 1 N–H and O–H groups in total. The number of carbonyl (C=O) groups excluding carboxylic acids is 1. The first-order chi connectivity index (χ1) is 13.8. The van der Waals surface area contributed by atoms with Crippen molar-refractivity contribution in [3.05, 3.63) is 88.1 Å². The Hall–Kier alpha value is -2.41. The van der Waals surface area contributed by atoms with Gasteiger partial charge in [-0.3, -0.25) is 4.79 Å². The van der Waals surface area contributed by atoms with Crippen molar-refractivity contribution in [1.29, 1.82) is 0 Å². The molecule has 6 heteroatoms. The number of thiazole rings is 1. The maximum absolute atomic E-state index is 12.6. The average Bonchev–Trinajstić information content (AvgIpc) is 3.40. The van der Waals surface area contributed by atoms with E-state index < -0.39 is 0 Å². The molecule has 0 spiro atoms. The summed E-state index contributed by atoms with van der Waals surface area (Å²) < 4.78 is 0. The summed E-state index contributed by atoms with van der Waals surface area (Å²) in [7, 11) is 0. The average molecular weight is 423 g/mol. The molecule has 0 fully saturated rings. The van der Waals surface area contributed by atoms with Gasteiger partial charge in [0.25, 0.3) is 0 Å². The zero-order valence-electron chi connectivity index (χ0n) is 15.0. The summed E-state index contributed by atoms with van der Waals surface area (Å²) in [5.74, 6) is 0.844. The van der Waals surface area contributed by atoms with Crippen molar-refractivity contribution in [2.45, 2.75) is 17.1 Å². The molecule has 0 saturated heterocycles. The van der Waals surface area contributed by atoms with Gasteiger partial charge >= 0.3 is 0 Å². The number of para-hydroxylation sites is 1. The van der Waals surface area contributed by atoms with Crippen LogP contribution in [0.15, 0.2) is 81.7 Å². The Kier molecular flexibility index (Phi) is 6.21. The van der Waals surface area contributed by atoms with E-state index in [1.165, 1.54) is 5.56 Å². The van der Waals surface area contributed by atoms with Gasteiger partial charge in [0.05, 0.1) is 17.8 Å². The largest absolute Gasteiger partial charge is 0.325 e. The third-order valence-electron chi connectivity index (χ3n) is 4.05. The molecule has 3 nitrogen and oxygen atoms in total. The maximum atomic E-state index is 12.6. The third kappa shape index (κ3) is 4.90. The highest BCUT2D eigenvalue weighted by Crippen LogP contribution is 2.30. The van der Waals surface area contributed by atoms with Crippen LogP contribution < -0.4 is 5.32 Å². The number of thioether (sulfide) groups is 1. The van der Waals surface area contributed by atoms with Crippen molar-refractivity contribution in [1.82, 2.24) is 4.98 Å². The molecule has 2 heterocycles. The van der Waals surface area contributed by atoms with Crippen LogP contribution in [0.4, 0.5) is 5.69 Å². The fraction of sp³-hybridized carbons (Fsp3) is 0.0909. The lowest BCUT2D eigenvalue weighted by atomic mass is 10.2. The van der Waals surface area contributed by atoms with Crippen molar-refractivity contribution in [3.63, 3.8) is 0 Å². The van der Waals surface area contributed by atoms with Crippen molar-refractivity contribution < 1.29 is 4.79 Å². The molecule has 0 saturated carbocycles. The molecule has 0 bridgehead atoms. The van der Waals surface area contributed by atoms with Crippen molar-refractivity contribution in [3.8, 4) is 10.6 Å². The molecule has 0 unspecified atom stereocenters. The zero-order valence-corrected chi connectivity index (χ0v) is 17.4. The molecule has 140 valence electrons. The van der Waals surface area contributed by atoms with E-state index in [1.54, 1.807) is 34.4 Å². The number of nitrogens with one attached hydrogen (secondary N) is 1. The van der Waals surface area contributed by atoms with Crippen LogP contribution in [0.5, 0.6) is 0 Å². The van der Waals surface area contributed by atoms with Crippen molar-refractivity contribution >= 4 is 46.0 Å². The standard InChI is InChI=1S/C22H18N2OS3/c25-21(12-18-15-28-22(23-18)17-6-2-1-3-7-17)24-19-8-4-5-9-20(19)27-14-16-10-11-26-13-16/h1-11,13,15H,12,14H2,(H,24,25). The van der Waals surface area contributed by atoms with E-state index in [4.69, 9.17) is 0 Å². The molecule has 0 aliphatic carbocycles. The molecule has 0 aliphatic heterocycles. The first-order valence-electron chi connectivity index (χ1n) is 8.80. The lowest BCUT2D eigenvalue weighted by Gasteiger charge is -2.10. The van der Waals surface area contributed by atoms with Crippen LogP contribution in [-0.4, -0.2) is 10.9 Å². The summed E-state index contributed by atoms with van der Waals surface area (Å²) in [5, 5.41) is 10.2. The molecule has 0 atom stereocenters. The zero-order chi connectivity index (χ0) is 19.2. The number of aromatic nitrogens is 1. The quantitative estimate of drug-likeness (QED) is 0.353. The van der Waals surface area contributed by atoms with Crippen molar-refractivity contribution in [2.75, 3.05) is 5.32 Å². The van der Waals surface area contributed by atoms with Crippen LogP contribution in [0.25, 0.3) is 10.6 Å². The van der Waals surface area contributed by atoms with E-state index in [-0.39, 0.29) is 12.3 Å². The Morgan fingerprint density at radius 1 is 1.00 bits per heavy atom. The van der Waals surface area contributed by atoms with E-state index in [0.29, 0.717) is 0 Å². The van der Waals surface area contributed by atoms with Gasteiger partial charge in [-0.05, 0) is 34.5 Å². The molecule has 2 aromatic carbocycles. The smallest absolute Gasteiger partial charge is 0.230 e. The number of carbonyl (C=O) groups is 1. The fourth-order valence-electron chi connectivity index (χ4n) is 2.69. The number of amides is 1. The van der Waals surface area contributed by atoms with Crippen LogP contribution >= 0.6 is 34.4 Å². The van der Waals surface area contributed by atoms with Gasteiger partial charge in [-0.15, -0.1) is 23.1 Å². The molecule has 0 aliphatic rings. The SMILES string of the molecule is O=C(Cc1csc(-c2ccccc2)n1)Nc1ccccc1SCc1ccsc1. The minimum atomic E-state index is -0.0477. The van der Waals surface area contributed by atoms with Gasteiger partial charge in [0, 0.05) is 21.6 Å². The highest BCUT2D eigenvalue weighted by molar-refractivity contribution is 7.98. The van der Waals surface area contributed by atoms with E-state index in [0.717, 1.165) is 32.6 Å². The predicted molar refractivity (Wildman–Crippen MR) is 120 cm³/mol. The summed E-state index contributed by atoms with van der Waals surface area (Å²) >= 11 is 5.00. The number of thiophene rings is 1. The molecule has 1 amide bonds. The normalized spacial score (nSPS) is 10.7. The molecule has 2 aromatic heterocycles. The number of anilines is 1. The highest BCUT2D eigenvalue weighted by atomic mass is 32.2. The lowest BCUT2D eigenvalue weighted by Crippen LogP contribution is -2.15. The topological polar surface area (TPSA) is 42.0 Å². The van der Waals surface area contributed by atoms with Gasteiger partial charge in [0.2, 0.25) is 5.91 Å². The van der Waals surface area contributed by atoms with Crippen molar-refractivity contribution in [2.24, 2.45) is 0 Å².